The molecule has 0 bridgehead atoms. The van der Waals surface area contributed by atoms with Crippen LogP contribution in [0.25, 0.3) is 0 Å². The molecule has 3 rings (SSSR count). The molecule has 3 unspecified atom stereocenters. The van der Waals surface area contributed by atoms with Crippen LogP contribution in [0.3, 0.4) is 0 Å². The molecular formula is C24H40IN3O3. The number of nitrogens with one attached hydrogen (secondary N) is 2. The van der Waals surface area contributed by atoms with E-state index < -0.39 is 0 Å². The van der Waals surface area contributed by atoms with Gasteiger partial charge in [0.25, 0.3) is 0 Å². The third-order valence-electron chi connectivity index (χ3n) is 5.90. The van der Waals surface area contributed by atoms with Crippen molar-refractivity contribution in [2.45, 2.75) is 65.7 Å². The quantitative estimate of drug-likeness (QED) is 0.318. The van der Waals surface area contributed by atoms with Crippen molar-refractivity contribution in [2.75, 3.05) is 33.4 Å². The van der Waals surface area contributed by atoms with Crippen LogP contribution in [-0.4, -0.2) is 51.6 Å². The van der Waals surface area contributed by atoms with Gasteiger partial charge in [-0.15, -0.1) is 24.0 Å². The summed E-state index contributed by atoms with van der Waals surface area (Å²) in [5, 5.41) is 6.96. The number of benzene rings is 1. The molecule has 0 radical (unpaired) electrons. The number of aliphatic imine (C=N–C) groups is 1. The van der Waals surface area contributed by atoms with E-state index in [1.807, 2.05) is 7.05 Å². The van der Waals surface area contributed by atoms with Gasteiger partial charge in [0.2, 0.25) is 0 Å². The molecule has 2 N–H and O–H groups in total. The summed E-state index contributed by atoms with van der Waals surface area (Å²) in [6.07, 6.45) is 3.67. The first kappa shape index (κ1) is 26.2. The van der Waals surface area contributed by atoms with E-state index in [1.54, 1.807) is 0 Å². The van der Waals surface area contributed by atoms with E-state index in [2.05, 4.69) is 61.5 Å². The number of hydrogen-bond donors (Lipinski definition) is 2. The molecule has 0 aliphatic carbocycles. The summed E-state index contributed by atoms with van der Waals surface area (Å²) in [6, 6.07) is 6.36. The normalized spacial score (nSPS) is 24.4. The Bertz CT molecular complexity index is 715. The van der Waals surface area contributed by atoms with E-state index in [4.69, 9.17) is 14.2 Å². The first-order valence-electron chi connectivity index (χ1n) is 11.3. The monoisotopic (exact) mass is 545 g/mol. The van der Waals surface area contributed by atoms with Crippen LogP contribution in [0.4, 0.5) is 0 Å². The third-order valence-corrected chi connectivity index (χ3v) is 5.90. The van der Waals surface area contributed by atoms with Gasteiger partial charge < -0.3 is 24.8 Å². The lowest BCUT2D eigenvalue weighted by molar-refractivity contribution is -0.0835. The van der Waals surface area contributed by atoms with Crippen LogP contribution in [0.15, 0.2) is 23.2 Å². The number of rotatable bonds is 6. The van der Waals surface area contributed by atoms with Crippen molar-refractivity contribution >= 4 is 29.9 Å². The van der Waals surface area contributed by atoms with E-state index in [1.165, 1.54) is 12.0 Å². The topological polar surface area (TPSA) is 64.1 Å². The zero-order valence-corrected chi connectivity index (χ0v) is 22.0. The molecule has 0 aromatic heterocycles. The average molecular weight is 546 g/mol. The second-order valence-electron chi connectivity index (χ2n) is 9.58. The summed E-state index contributed by atoms with van der Waals surface area (Å²) < 4.78 is 17.8. The second-order valence-corrected chi connectivity index (χ2v) is 9.58. The van der Waals surface area contributed by atoms with Crippen LogP contribution in [0.2, 0.25) is 0 Å². The molecule has 1 aromatic rings. The van der Waals surface area contributed by atoms with Gasteiger partial charge in [0.15, 0.2) is 5.96 Å². The van der Waals surface area contributed by atoms with Crippen molar-refractivity contribution in [3.05, 3.63) is 29.3 Å². The Hall–Kier alpha value is -1.06. The number of aryl methyl sites for hydroxylation is 1. The van der Waals surface area contributed by atoms with Crippen molar-refractivity contribution < 1.29 is 14.2 Å². The summed E-state index contributed by atoms with van der Waals surface area (Å²) in [5.74, 6) is 2.23. The molecule has 2 fully saturated rings. The first-order valence-corrected chi connectivity index (χ1v) is 11.3. The number of hydrogen-bond acceptors (Lipinski definition) is 4. The van der Waals surface area contributed by atoms with E-state index in [0.29, 0.717) is 19.1 Å². The SMILES string of the molecule is CN=C(NCc1ccc(C)cc1OC1CCOC1)NCC1CCCOC1C(C)(C)C.I. The van der Waals surface area contributed by atoms with Gasteiger partial charge in [-0.2, -0.15) is 0 Å². The Morgan fingerprint density at radius 1 is 1.19 bits per heavy atom. The van der Waals surface area contributed by atoms with E-state index in [-0.39, 0.29) is 41.6 Å². The molecule has 3 atom stereocenters. The second kappa shape index (κ2) is 12.3. The Morgan fingerprint density at radius 3 is 2.68 bits per heavy atom. The molecular weight excluding hydrogens is 505 g/mol. The summed E-state index contributed by atoms with van der Waals surface area (Å²) in [6.45, 7) is 12.7. The van der Waals surface area contributed by atoms with Gasteiger partial charge in [0.1, 0.15) is 11.9 Å². The van der Waals surface area contributed by atoms with E-state index in [9.17, 15) is 0 Å². The average Bonchev–Trinajstić information content (AvgIpc) is 3.22. The zero-order valence-electron chi connectivity index (χ0n) is 19.7. The maximum Gasteiger partial charge on any atom is 0.191 e. The number of halogens is 1. The minimum Gasteiger partial charge on any atom is -0.488 e. The lowest BCUT2D eigenvalue weighted by Crippen LogP contribution is -2.47. The smallest absolute Gasteiger partial charge is 0.191 e. The van der Waals surface area contributed by atoms with Crippen LogP contribution in [0, 0.1) is 18.3 Å². The molecule has 0 spiro atoms. The molecule has 2 aliphatic heterocycles. The lowest BCUT2D eigenvalue weighted by Gasteiger charge is -2.40. The van der Waals surface area contributed by atoms with Gasteiger partial charge >= 0.3 is 0 Å². The van der Waals surface area contributed by atoms with Gasteiger partial charge in [-0.25, -0.2) is 0 Å². The number of guanidine groups is 1. The molecule has 0 saturated carbocycles. The van der Waals surface area contributed by atoms with E-state index in [0.717, 1.165) is 49.9 Å². The summed E-state index contributed by atoms with van der Waals surface area (Å²) in [5.41, 5.74) is 2.46. The number of ether oxygens (including phenoxy) is 3. The predicted octanol–water partition coefficient (Wildman–Crippen LogP) is 4.29. The highest BCUT2D eigenvalue weighted by molar-refractivity contribution is 14.0. The van der Waals surface area contributed by atoms with Gasteiger partial charge in [-0.05, 0) is 36.8 Å². The first-order chi connectivity index (χ1) is 14.4. The Morgan fingerprint density at radius 2 is 2.00 bits per heavy atom. The highest BCUT2D eigenvalue weighted by Gasteiger charge is 2.35. The molecule has 2 aliphatic rings. The maximum absolute atomic E-state index is 6.22. The fourth-order valence-corrected chi connectivity index (χ4v) is 4.34. The summed E-state index contributed by atoms with van der Waals surface area (Å²) in [4.78, 5) is 4.42. The van der Waals surface area contributed by atoms with Crippen LogP contribution in [0.1, 0.15) is 51.2 Å². The Balaban J connectivity index is 0.00000341. The van der Waals surface area contributed by atoms with Crippen molar-refractivity contribution in [3.63, 3.8) is 0 Å². The Kier molecular flexibility index (Phi) is 10.4. The fourth-order valence-electron chi connectivity index (χ4n) is 4.34. The van der Waals surface area contributed by atoms with Crippen molar-refractivity contribution in [1.82, 2.24) is 10.6 Å². The lowest BCUT2D eigenvalue weighted by atomic mass is 9.78. The van der Waals surface area contributed by atoms with Gasteiger partial charge in [0, 0.05) is 44.6 Å². The van der Waals surface area contributed by atoms with Crippen molar-refractivity contribution in [3.8, 4) is 5.75 Å². The molecule has 2 saturated heterocycles. The van der Waals surface area contributed by atoms with Crippen LogP contribution in [0.5, 0.6) is 5.75 Å². The summed E-state index contributed by atoms with van der Waals surface area (Å²) >= 11 is 0. The minimum atomic E-state index is 0. The largest absolute Gasteiger partial charge is 0.488 e. The van der Waals surface area contributed by atoms with Crippen LogP contribution >= 0.6 is 24.0 Å². The highest BCUT2D eigenvalue weighted by Crippen LogP contribution is 2.33. The minimum absolute atomic E-state index is 0. The zero-order chi connectivity index (χ0) is 21.6. The summed E-state index contributed by atoms with van der Waals surface area (Å²) in [7, 11) is 1.82. The maximum atomic E-state index is 6.22. The number of nitrogens with zero attached hydrogens (tertiary/aromatic N) is 1. The molecule has 0 amide bonds. The van der Waals surface area contributed by atoms with Crippen LogP contribution < -0.4 is 15.4 Å². The standard InChI is InChI=1S/C24H39N3O3.HI/c1-17-8-9-18(21(13-17)30-20-10-12-28-16-20)14-26-23(25-5)27-15-19-7-6-11-29-22(19)24(2,3)4;/h8-9,13,19-20,22H,6-7,10-12,14-16H2,1-5H3,(H2,25,26,27);1H. The predicted molar refractivity (Wildman–Crippen MR) is 137 cm³/mol. The fraction of sp³-hybridized carbons (Fsp3) is 0.708. The van der Waals surface area contributed by atoms with E-state index >= 15 is 0 Å². The Labute approximate surface area is 204 Å². The highest BCUT2D eigenvalue weighted by atomic mass is 127. The van der Waals surface area contributed by atoms with Gasteiger partial charge in [-0.3, -0.25) is 4.99 Å². The molecule has 31 heavy (non-hydrogen) atoms. The molecule has 7 heteroatoms. The molecule has 6 nitrogen and oxygen atoms in total. The molecule has 2 heterocycles. The van der Waals surface area contributed by atoms with Gasteiger partial charge in [-0.1, -0.05) is 32.9 Å². The third kappa shape index (κ3) is 7.79. The van der Waals surface area contributed by atoms with Crippen LogP contribution in [-0.2, 0) is 16.0 Å². The van der Waals surface area contributed by atoms with Crippen molar-refractivity contribution in [1.29, 1.82) is 0 Å². The van der Waals surface area contributed by atoms with Gasteiger partial charge in [0.05, 0.1) is 19.3 Å². The molecule has 176 valence electrons. The van der Waals surface area contributed by atoms with Crippen molar-refractivity contribution in [2.24, 2.45) is 16.3 Å². The molecule has 1 aromatic carbocycles.